The zero-order valence-electron chi connectivity index (χ0n) is 11.8. The van der Waals surface area contributed by atoms with Crippen molar-refractivity contribution in [1.82, 2.24) is 10.2 Å². The number of nitrogens with one attached hydrogen (secondary N) is 1. The standard InChI is InChI=1S/C15H26N2O/c1-3-7-13(2)14(18)17-11-10-16-12-15(17)8-5-4-6-9-15/h7,16H,3-6,8-12H2,1-2H3. The first-order valence-electron chi connectivity index (χ1n) is 7.39. The van der Waals surface area contributed by atoms with Crippen molar-refractivity contribution in [3.63, 3.8) is 0 Å². The average Bonchev–Trinajstić information content (AvgIpc) is 2.40. The minimum absolute atomic E-state index is 0.108. The van der Waals surface area contributed by atoms with Crippen LogP contribution >= 0.6 is 0 Å². The van der Waals surface area contributed by atoms with Crippen LogP contribution < -0.4 is 5.32 Å². The lowest BCUT2D eigenvalue weighted by atomic mass is 9.78. The van der Waals surface area contributed by atoms with Gasteiger partial charge in [-0.05, 0) is 26.2 Å². The zero-order valence-corrected chi connectivity index (χ0v) is 11.8. The lowest BCUT2D eigenvalue weighted by Gasteiger charge is -2.50. The van der Waals surface area contributed by atoms with Gasteiger partial charge in [0, 0.05) is 25.2 Å². The van der Waals surface area contributed by atoms with Gasteiger partial charge in [0.05, 0.1) is 5.54 Å². The van der Waals surface area contributed by atoms with Crippen LogP contribution in [0.5, 0.6) is 0 Å². The summed E-state index contributed by atoms with van der Waals surface area (Å²) in [5.74, 6) is 0.264. The number of rotatable bonds is 2. The van der Waals surface area contributed by atoms with Crippen molar-refractivity contribution in [3.8, 4) is 0 Å². The van der Waals surface area contributed by atoms with Gasteiger partial charge in [0.25, 0.3) is 0 Å². The molecular weight excluding hydrogens is 224 g/mol. The van der Waals surface area contributed by atoms with Crippen LogP contribution in [0.25, 0.3) is 0 Å². The third-order valence-corrected chi connectivity index (χ3v) is 4.42. The average molecular weight is 250 g/mol. The minimum atomic E-state index is 0.108. The highest BCUT2D eigenvalue weighted by molar-refractivity contribution is 5.93. The number of amides is 1. The number of hydrogen-bond donors (Lipinski definition) is 1. The normalized spacial score (nSPS) is 24.3. The first kappa shape index (κ1) is 13.6. The summed E-state index contributed by atoms with van der Waals surface area (Å²) < 4.78 is 0. The molecule has 0 aromatic carbocycles. The van der Waals surface area contributed by atoms with Gasteiger partial charge in [-0.25, -0.2) is 0 Å². The van der Waals surface area contributed by atoms with E-state index in [1.54, 1.807) is 0 Å². The second-order valence-electron chi connectivity index (χ2n) is 5.71. The Balaban J connectivity index is 2.17. The number of nitrogens with zero attached hydrogens (tertiary/aromatic N) is 1. The van der Waals surface area contributed by atoms with Gasteiger partial charge in [-0.2, -0.15) is 0 Å². The third-order valence-electron chi connectivity index (χ3n) is 4.42. The molecule has 1 amide bonds. The van der Waals surface area contributed by atoms with Crippen molar-refractivity contribution in [3.05, 3.63) is 11.6 Å². The predicted molar refractivity (Wildman–Crippen MR) is 74.4 cm³/mol. The molecule has 1 N–H and O–H groups in total. The van der Waals surface area contributed by atoms with Crippen LogP contribution in [-0.4, -0.2) is 36.0 Å². The number of hydrogen-bond acceptors (Lipinski definition) is 2. The Bertz CT molecular complexity index is 321. The molecule has 1 spiro atoms. The summed E-state index contributed by atoms with van der Waals surface area (Å²) in [6.45, 7) is 6.84. The van der Waals surface area contributed by atoms with Gasteiger partial charge >= 0.3 is 0 Å². The van der Waals surface area contributed by atoms with Crippen molar-refractivity contribution < 1.29 is 4.79 Å². The van der Waals surface area contributed by atoms with Crippen molar-refractivity contribution in [2.45, 2.75) is 57.9 Å². The molecule has 0 radical (unpaired) electrons. The van der Waals surface area contributed by atoms with E-state index in [-0.39, 0.29) is 11.4 Å². The van der Waals surface area contributed by atoms with E-state index >= 15 is 0 Å². The molecular formula is C15H26N2O. The molecule has 0 aromatic rings. The van der Waals surface area contributed by atoms with Gasteiger partial charge in [0.1, 0.15) is 0 Å². The minimum Gasteiger partial charge on any atom is -0.331 e. The quantitative estimate of drug-likeness (QED) is 0.764. The molecule has 0 atom stereocenters. The van der Waals surface area contributed by atoms with Crippen LogP contribution in [0.1, 0.15) is 52.4 Å². The molecule has 3 nitrogen and oxygen atoms in total. The summed E-state index contributed by atoms with van der Waals surface area (Å²) in [5, 5.41) is 3.49. The maximum atomic E-state index is 12.6. The smallest absolute Gasteiger partial charge is 0.249 e. The Morgan fingerprint density at radius 3 is 2.72 bits per heavy atom. The first-order valence-corrected chi connectivity index (χ1v) is 7.39. The number of carbonyl (C=O) groups is 1. The molecule has 1 saturated heterocycles. The lowest BCUT2D eigenvalue weighted by Crippen LogP contribution is -2.63. The summed E-state index contributed by atoms with van der Waals surface area (Å²) in [7, 11) is 0. The van der Waals surface area contributed by atoms with E-state index in [0.29, 0.717) is 0 Å². The number of piperazine rings is 1. The topological polar surface area (TPSA) is 32.3 Å². The second-order valence-corrected chi connectivity index (χ2v) is 5.71. The fourth-order valence-electron chi connectivity index (χ4n) is 3.42. The zero-order chi connectivity index (χ0) is 13.0. The molecule has 0 bridgehead atoms. The van der Waals surface area contributed by atoms with Gasteiger partial charge in [0.2, 0.25) is 5.91 Å². The molecule has 1 aliphatic carbocycles. The van der Waals surface area contributed by atoms with Crippen LogP contribution in [0.15, 0.2) is 11.6 Å². The fraction of sp³-hybridized carbons (Fsp3) is 0.800. The third kappa shape index (κ3) is 2.61. The van der Waals surface area contributed by atoms with Crippen molar-refractivity contribution >= 4 is 5.91 Å². The van der Waals surface area contributed by atoms with E-state index in [2.05, 4.69) is 23.2 Å². The van der Waals surface area contributed by atoms with Gasteiger partial charge in [0.15, 0.2) is 0 Å². The Labute approximate surface area is 111 Å². The summed E-state index contributed by atoms with van der Waals surface area (Å²) in [6, 6.07) is 0. The maximum Gasteiger partial charge on any atom is 0.249 e. The van der Waals surface area contributed by atoms with E-state index in [1.165, 1.54) is 32.1 Å². The summed E-state index contributed by atoms with van der Waals surface area (Å²) in [6.07, 6.45) is 9.20. The SMILES string of the molecule is CCC=C(C)C(=O)N1CCNCC12CCCCC2. The molecule has 1 heterocycles. The van der Waals surface area contributed by atoms with Crippen LogP contribution in [-0.2, 0) is 4.79 Å². The summed E-state index contributed by atoms with van der Waals surface area (Å²) in [5.41, 5.74) is 1.03. The van der Waals surface area contributed by atoms with Crippen molar-refractivity contribution in [2.75, 3.05) is 19.6 Å². The highest BCUT2D eigenvalue weighted by Gasteiger charge is 2.42. The van der Waals surface area contributed by atoms with Gasteiger partial charge in [-0.3, -0.25) is 4.79 Å². The highest BCUT2D eigenvalue weighted by Crippen LogP contribution is 2.35. The van der Waals surface area contributed by atoms with Gasteiger partial charge < -0.3 is 10.2 Å². The van der Waals surface area contributed by atoms with Crippen LogP contribution in [0.2, 0.25) is 0 Å². The molecule has 1 aliphatic heterocycles. The number of carbonyl (C=O) groups excluding carboxylic acids is 1. The van der Waals surface area contributed by atoms with E-state index in [1.807, 2.05) is 6.92 Å². The summed E-state index contributed by atoms with van der Waals surface area (Å²) in [4.78, 5) is 14.8. The Hall–Kier alpha value is -0.830. The van der Waals surface area contributed by atoms with Gasteiger partial charge in [-0.15, -0.1) is 0 Å². The van der Waals surface area contributed by atoms with Crippen molar-refractivity contribution in [1.29, 1.82) is 0 Å². The lowest BCUT2D eigenvalue weighted by molar-refractivity contribution is -0.136. The van der Waals surface area contributed by atoms with Crippen molar-refractivity contribution in [2.24, 2.45) is 0 Å². The molecule has 0 unspecified atom stereocenters. The van der Waals surface area contributed by atoms with E-state index < -0.39 is 0 Å². The second kappa shape index (κ2) is 5.87. The molecule has 2 aliphatic rings. The molecule has 0 aromatic heterocycles. The predicted octanol–water partition coefficient (Wildman–Crippen LogP) is 2.48. The highest BCUT2D eigenvalue weighted by atomic mass is 16.2. The molecule has 3 heteroatoms. The van der Waals surface area contributed by atoms with Crippen LogP contribution in [0.3, 0.4) is 0 Å². The Morgan fingerprint density at radius 1 is 1.33 bits per heavy atom. The molecule has 2 fully saturated rings. The molecule has 2 rings (SSSR count). The van der Waals surface area contributed by atoms with Crippen LogP contribution in [0.4, 0.5) is 0 Å². The molecule has 102 valence electrons. The largest absolute Gasteiger partial charge is 0.331 e. The molecule has 1 saturated carbocycles. The van der Waals surface area contributed by atoms with Crippen LogP contribution in [0, 0.1) is 0 Å². The first-order chi connectivity index (χ1) is 8.69. The molecule has 18 heavy (non-hydrogen) atoms. The maximum absolute atomic E-state index is 12.6. The van der Waals surface area contributed by atoms with E-state index in [4.69, 9.17) is 0 Å². The fourth-order valence-corrected chi connectivity index (χ4v) is 3.42. The van der Waals surface area contributed by atoms with E-state index in [9.17, 15) is 4.79 Å². The van der Waals surface area contributed by atoms with Gasteiger partial charge in [-0.1, -0.05) is 32.3 Å². The summed E-state index contributed by atoms with van der Waals surface area (Å²) >= 11 is 0. The van der Waals surface area contributed by atoms with E-state index in [0.717, 1.165) is 31.6 Å². The Morgan fingerprint density at radius 2 is 2.06 bits per heavy atom. The Kier molecular flexibility index (Phi) is 4.44. The number of allylic oxidation sites excluding steroid dienone is 1. The monoisotopic (exact) mass is 250 g/mol.